The molecule has 0 spiro atoms. The second-order valence-corrected chi connectivity index (χ2v) is 5.64. The highest BCUT2D eigenvalue weighted by Gasteiger charge is 2.28. The van der Waals surface area contributed by atoms with E-state index in [1.807, 2.05) is 13.8 Å². The molecule has 1 saturated heterocycles. The molecule has 0 bridgehead atoms. The first-order valence-electron chi connectivity index (χ1n) is 5.03. The Hall–Kier alpha value is 0.270. The number of rotatable bonds is 3. The summed E-state index contributed by atoms with van der Waals surface area (Å²) in [5, 5.41) is 0. The Morgan fingerprint density at radius 1 is 1.46 bits per heavy atom. The van der Waals surface area contributed by atoms with Gasteiger partial charge in [-0.2, -0.15) is 0 Å². The molecule has 1 aliphatic heterocycles. The summed E-state index contributed by atoms with van der Waals surface area (Å²) in [5.74, 6) is 0. The van der Waals surface area contributed by atoms with Gasteiger partial charge in [-0.25, -0.2) is 0 Å². The van der Waals surface area contributed by atoms with E-state index in [1.165, 1.54) is 0 Å². The molecule has 3 heteroatoms. The van der Waals surface area contributed by atoms with Crippen LogP contribution in [0.4, 0.5) is 0 Å². The van der Waals surface area contributed by atoms with Gasteiger partial charge in [-0.15, -0.1) is 12.6 Å². The molecule has 1 unspecified atom stereocenters. The zero-order chi connectivity index (χ0) is 10.1. The van der Waals surface area contributed by atoms with Gasteiger partial charge in [0, 0.05) is 19.1 Å². The van der Waals surface area contributed by atoms with E-state index < -0.39 is 0 Å². The Kier molecular flexibility index (Phi) is 3.66. The second kappa shape index (κ2) is 4.20. The zero-order valence-corrected chi connectivity index (χ0v) is 9.97. The van der Waals surface area contributed by atoms with Crippen molar-refractivity contribution in [1.82, 2.24) is 4.90 Å². The van der Waals surface area contributed by atoms with Gasteiger partial charge in [-0.1, -0.05) is 0 Å². The summed E-state index contributed by atoms with van der Waals surface area (Å²) >= 11 is 4.37. The van der Waals surface area contributed by atoms with Gasteiger partial charge >= 0.3 is 0 Å². The van der Waals surface area contributed by atoms with Gasteiger partial charge < -0.3 is 4.74 Å². The first kappa shape index (κ1) is 11.3. The lowest BCUT2D eigenvalue weighted by Crippen LogP contribution is -2.32. The summed E-state index contributed by atoms with van der Waals surface area (Å²) in [6.07, 6.45) is 1.51. The van der Waals surface area contributed by atoms with E-state index in [1.54, 1.807) is 0 Å². The summed E-state index contributed by atoms with van der Waals surface area (Å²) in [6, 6.07) is 0.636. The van der Waals surface area contributed by atoms with Crippen LogP contribution < -0.4 is 0 Å². The van der Waals surface area contributed by atoms with E-state index in [9.17, 15) is 0 Å². The molecule has 0 N–H and O–H groups in total. The molecule has 0 aromatic carbocycles. The van der Waals surface area contributed by atoms with Gasteiger partial charge in [-0.3, -0.25) is 4.90 Å². The summed E-state index contributed by atoms with van der Waals surface area (Å²) in [7, 11) is 0. The lowest BCUT2D eigenvalue weighted by Gasteiger charge is -2.25. The fourth-order valence-electron chi connectivity index (χ4n) is 1.73. The van der Waals surface area contributed by atoms with Crippen LogP contribution in [0, 0.1) is 0 Å². The minimum atomic E-state index is -0.294. The smallest absolute Gasteiger partial charge is 0.105 e. The van der Waals surface area contributed by atoms with Crippen molar-refractivity contribution in [2.75, 3.05) is 13.1 Å². The van der Waals surface area contributed by atoms with E-state index in [2.05, 4.69) is 31.4 Å². The van der Waals surface area contributed by atoms with Crippen LogP contribution in [0.25, 0.3) is 0 Å². The maximum atomic E-state index is 5.80. The van der Waals surface area contributed by atoms with Crippen LogP contribution in [-0.2, 0) is 4.74 Å². The Balaban J connectivity index is 2.33. The molecule has 0 radical (unpaired) electrons. The molecule has 0 aromatic rings. The Labute approximate surface area is 87.0 Å². The third-order valence-corrected chi connectivity index (χ3v) is 2.47. The predicted octanol–water partition coefficient (Wildman–Crippen LogP) is 2.15. The molecule has 1 rings (SSSR count). The highest BCUT2D eigenvalue weighted by atomic mass is 32.1. The molecule has 0 amide bonds. The SMILES string of the molecule is CC(C)N1CCC(OC(C)(C)S)C1. The summed E-state index contributed by atoms with van der Waals surface area (Å²) in [5.41, 5.74) is 0. The highest BCUT2D eigenvalue weighted by molar-refractivity contribution is 7.81. The van der Waals surface area contributed by atoms with Crippen molar-refractivity contribution < 1.29 is 4.74 Å². The summed E-state index contributed by atoms with van der Waals surface area (Å²) < 4.78 is 5.80. The van der Waals surface area contributed by atoms with Gasteiger partial charge in [0.05, 0.1) is 6.10 Å². The molecule has 78 valence electrons. The first-order valence-corrected chi connectivity index (χ1v) is 5.47. The minimum Gasteiger partial charge on any atom is -0.361 e. The van der Waals surface area contributed by atoms with Crippen molar-refractivity contribution in [2.45, 2.75) is 51.2 Å². The third-order valence-electron chi connectivity index (χ3n) is 2.36. The Morgan fingerprint density at radius 2 is 2.08 bits per heavy atom. The van der Waals surface area contributed by atoms with E-state index in [0.717, 1.165) is 19.5 Å². The van der Waals surface area contributed by atoms with Gasteiger partial charge in [0.15, 0.2) is 0 Å². The van der Waals surface area contributed by atoms with Crippen LogP contribution >= 0.6 is 12.6 Å². The number of hydrogen-bond donors (Lipinski definition) is 1. The van der Waals surface area contributed by atoms with Gasteiger partial charge in [0.1, 0.15) is 4.93 Å². The maximum Gasteiger partial charge on any atom is 0.105 e. The highest BCUT2D eigenvalue weighted by Crippen LogP contribution is 2.23. The molecule has 0 aliphatic carbocycles. The van der Waals surface area contributed by atoms with Crippen LogP contribution in [0.2, 0.25) is 0 Å². The molecule has 0 saturated carbocycles. The lowest BCUT2D eigenvalue weighted by atomic mass is 10.3. The molecular weight excluding hydrogens is 182 g/mol. The monoisotopic (exact) mass is 203 g/mol. The number of ether oxygens (including phenoxy) is 1. The van der Waals surface area contributed by atoms with Crippen LogP contribution in [0.5, 0.6) is 0 Å². The number of thiol groups is 1. The van der Waals surface area contributed by atoms with Gasteiger partial charge in [-0.05, 0) is 34.1 Å². The molecule has 1 fully saturated rings. The lowest BCUT2D eigenvalue weighted by molar-refractivity contribution is -0.00787. The summed E-state index contributed by atoms with van der Waals surface area (Å²) in [4.78, 5) is 2.15. The molecule has 13 heavy (non-hydrogen) atoms. The fraction of sp³-hybridized carbons (Fsp3) is 1.00. The molecule has 1 atom stereocenters. The average molecular weight is 203 g/mol. The zero-order valence-electron chi connectivity index (χ0n) is 9.08. The van der Waals surface area contributed by atoms with Gasteiger partial charge in [0.2, 0.25) is 0 Å². The van der Waals surface area contributed by atoms with Crippen molar-refractivity contribution in [2.24, 2.45) is 0 Å². The van der Waals surface area contributed by atoms with Crippen LogP contribution in [0.3, 0.4) is 0 Å². The quantitative estimate of drug-likeness (QED) is 0.557. The second-order valence-electron chi connectivity index (χ2n) is 4.56. The Morgan fingerprint density at radius 3 is 2.46 bits per heavy atom. The number of likely N-dealkylation sites (tertiary alicyclic amines) is 1. The van der Waals surface area contributed by atoms with E-state index >= 15 is 0 Å². The van der Waals surface area contributed by atoms with Crippen LogP contribution in [0.1, 0.15) is 34.1 Å². The first-order chi connectivity index (χ1) is 5.88. The van der Waals surface area contributed by atoms with Crippen molar-refractivity contribution >= 4 is 12.6 Å². The van der Waals surface area contributed by atoms with Gasteiger partial charge in [0.25, 0.3) is 0 Å². The third kappa shape index (κ3) is 3.88. The minimum absolute atomic E-state index is 0.294. The molecule has 1 aliphatic rings. The maximum absolute atomic E-state index is 5.80. The van der Waals surface area contributed by atoms with Crippen molar-refractivity contribution in [3.8, 4) is 0 Å². The van der Waals surface area contributed by atoms with Crippen molar-refractivity contribution in [1.29, 1.82) is 0 Å². The van der Waals surface area contributed by atoms with Crippen molar-refractivity contribution in [3.05, 3.63) is 0 Å². The summed E-state index contributed by atoms with van der Waals surface area (Å²) in [6.45, 7) is 10.7. The molecule has 0 aromatic heterocycles. The average Bonchev–Trinajstić information content (AvgIpc) is 2.31. The van der Waals surface area contributed by atoms with E-state index in [-0.39, 0.29) is 4.93 Å². The molecule has 1 heterocycles. The fourth-order valence-corrected chi connectivity index (χ4v) is 1.88. The topological polar surface area (TPSA) is 12.5 Å². The van der Waals surface area contributed by atoms with E-state index in [0.29, 0.717) is 12.1 Å². The normalized spacial score (nSPS) is 25.8. The molecule has 2 nitrogen and oxygen atoms in total. The largest absolute Gasteiger partial charge is 0.361 e. The van der Waals surface area contributed by atoms with E-state index in [4.69, 9.17) is 4.74 Å². The standard InChI is InChI=1S/C10H21NOS/c1-8(2)11-6-5-9(7-11)12-10(3,4)13/h8-9,13H,5-7H2,1-4H3. The van der Waals surface area contributed by atoms with Crippen LogP contribution in [0.15, 0.2) is 0 Å². The predicted molar refractivity (Wildman–Crippen MR) is 59.3 cm³/mol. The Bertz CT molecular complexity index is 165. The number of hydrogen-bond acceptors (Lipinski definition) is 3. The van der Waals surface area contributed by atoms with Crippen LogP contribution in [-0.4, -0.2) is 35.1 Å². The molecular formula is C10H21NOS. The number of nitrogens with zero attached hydrogens (tertiary/aromatic N) is 1. The van der Waals surface area contributed by atoms with Crippen molar-refractivity contribution in [3.63, 3.8) is 0 Å².